The zero-order chi connectivity index (χ0) is 11.5. The highest BCUT2D eigenvalue weighted by atomic mass is 16.5. The summed E-state index contributed by atoms with van der Waals surface area (Å²) in [5, 5.41) is 3.65. The molecule has 2 rings (SSSR count). The summed E-state index contributed by atoms with van der Waals surface area (Å²) in [7, 11) is 0. The van der Waals surface area contributed by atoms with Crippen LogP contribution in [0.25, 0.3) is 0 Å². The molecule has 0 bridgehead atoms. The number of rotatable bonds is 4. The molecule has 0 aliphatic carbocycles. The fraction of sp³-hybridized carbons (Fsp3) is 0.727. The Kier molecular flexibility index (Phi) is 3.33. The van der Waals surface area contributed by atoms with Crippen LogP contribution in [-0.2, 0) is 6.42 Å². The lowest BCUT2D eigenvalue weighted by Gasteiger charge is -2.11. The molecule has 0 aromatic carbocycles. The Balaban J connectivity index is 1.92. The van der Waals surface area contributed by atoms with Gasteiger partial charge in [0.15, 0.2) is 0 Å². The predicted octanol–water partition coefficient (Wildman–Crippen LogP) is 1.16. The number of ketones is 1. The Hall–Kier alpha value is -1.23. The number of aromatic nitrogens is 2. The minimum atomic E-state index is -0.142. The maximum absolute atomic E-state index is 11.0. The Bertz CT molecular complexity index is 375. The number of likely N-dealkylation sites (tertiary alicyclic amines) is 1. The molecule has 1 aromatic heterocycles. The molecule has 1 unspecified atom stereocenters. The molecule has 16 heavy (non-hydrogen) atoms. The Morgan fingerprint density at radius 2 is 2.44 bits per heavy atom. The first kappa shape index (κ1) is 11.3. The number of hydrogen-bond acceptors (Lipinski definition) is 5. The lowest BCUT2D eigenvalue weighted by Crippen LogP contribution is -2.20. The monoisotopic (exact) mass is 223 g/mol. The van der Waals surface area contributed by atoms with E-state index in [0.717, 1.165) is 26.1 Å². The highest BCUT2D eigenvalue weighted by Crippen LogP contribution is 2.19. The normalized spacial score (nSPS) is 21.5. The van der Waals surface area contributed by atoms with Gasteiger partial charge < -0.3 is 9.42 Å². The fourth-order valence-corrected chi connectivity index (χ4v) is 2.09. The molecular formula is C11H17N3O2. The molecule has 1 aliphatic rings. The Morgan fingerprint density at radius 3 is 3.00 bits per heavy atom. The molecule has 1 saturated heterocycles. The van der Waals surface area contributed by atoms with Crippen molar-refractivity contribution >= 4 is 5.78 Å². The van der Waals surface area contributed by atoms with Crippen LogP contribution in [0.2, 0.25) is 0 Å². The zero-order valence-electron chi connectivity index (χ0n) is 9.77. The van der Waals surface area contributed by atoms with Crippen molar-refractivity contribution in [3.8, 4) is 0 Å². The van der Waals surface area contributed by atoms with E-state index >= 15 is 0 Å². The minimum Gasteiger partial charge on any atom is -0.339 e. The lowest BCUT2D eigenvalue weighted by atomic mass is 10.1. The summed E-state index contributed by atoms with van der Waals surface area (Å²) < 4.78 is 5.06. The third kappa shape index (κ3) is 2.47. The van der Waals surface area contributed by atoms with Crippen molar-refractivity contribution in [2.75, 3.05) is 19.6 Å². The molecule has 88 valence electrons. The van der Waals surface area contributed by atoms with Gasteiger partial charge in [0.1, 0.15) is 0 Å². The van der Waals surface area contributed by atoms with Gasteiger partial charge in [0.2, 0.25) is 17.5 Å². The van der Waals surface area contributed by atoms with Crippen LogP contribution in [0.1, 0.15) is 36.8 Å². The Labute approximate surface area is 94.8 Å². The van der Waals surface area contributed by atoms with Gasteiger partial charge in [0.25, 0.3) is 0 Å². The smallest absolute Gasteiger partial charge is 0.238 e. The van der Waals surface area contributed by atoms with Crippen molar-refractivity contribution < 1.29 is 9.32 Å². The van der Waals surface area contributed by atoms with E-state index in [-0.39, 0.29) is 11.6 Å². The van der Waals surface area contributed by atoms with E-state index in [2.05, 4.69) is 22.0 Å². The van der Waals surface area contributed by atoms with Crippen LogP contribution in [-0.4, -0.2) is 40.5 Å². The van der Waals surface area contributed by atoms with Gasteiger partial charge in [0.05, 0.1) is 0 Å². The molecule has 0 amide bonds. The standard InChI is InChI=1S/C11H17N3O2/c1-3-14-5-4-9(7-14)6-10-12-11(8(2)15)13-16-10/h9H,3-7H2,1-2H3. The summed E-state index contributed by atoms with van der Waals surface area (Å²) in [6.45, 7) is 6.95. The summed E-state index contributed by atoms with van der Waals surface area (Å²) in [6, 6.07) is 0. The van der Waals surface area contributed by atoms with E-state index in [1.165, 1.54) is 13.3 Å². The lowest BCUT2D eigenvalue weighted by molar-refractivity contribution is 0.100. The van der Waals surface area contributed by atoms with Crippen LogP contribution in [0.5, 0.6) is 0 Å². The van der Waals surface area contributed by atoms with Crippen LogP contribution in [0, 0.1) is 5.92 Å². The van der Waals surface area contributed by atoms with Crippen LogP contribution in [0.4, 0.5) is 0 Å². The highest BCUT2D eigenvalue weighted by Gasteiger charge is 2.23. The van der Waals surface area contributed by atoms with Crippen LogP contribution in [0.15, 0.2) is 4.52 Å². The second-order valence-corrected chi connectivity index (χ2v) is 4.32. The average Bonchev–Trinajstić information content (AvgIpc) is 2.87. The minimum absolute atomic E-state index is 0.142. The molecule has 0 spiro atoms. The van der Waals surface area contributed by atoms with Crippen molar-refractivity contribution in [2.24, 2.45) is 5.92 Å². The summed E-state index contributed by atoms with van der Waals surface area (Å²) in [6.07, 6.45) is 1.96. The van der Waals surface area contributed by atoms with E-state index in [4.69, 9.17) is 4.52 Å². The number of hydrogen-bond donors (Lipinski definition) is 0. The average molecular weight is 223 g/mol. The molecule has 1 aromatic rings. The second-order valence-electron chi connectivity index (χ2n) is 4.32. The van der Waals surface area contributed by atoms with Gasteiger partial charge in [-0.15, -0.1) is 0 Å². The van der Waals surface area contributed by atoms with Crippen molar-refractivity contribution in [1.82, 2.24) is 15.0 Å². The zero-order valence-corrected chi connectivity index (χ0v) is 9.77. The van der Waals surface area contributed by atoms with Gasteiger partial charge in [-0.25, -0.2) is 0 Å². The van der Waals surface area contributed by atoms with E-state index in [1.54, 1.807) is 0 Å². The van der Waals surface area contributed by atoms with Crippen LogP contribution in [0.3, 0.4) is 0 Å². The molecular weight excluding hydrogens is 206 g/mol. The van der Waals surface area contributed by atoms with Gasteiger partial charge in [-0.2, -0.15) is 4.98 Å². The molecule has 5 heteroatoms. The number of carbonyl (C=O) groups is 1. The van der Waals surface area contributed by atoms with Crippen LogP contribution < -0.4 is 0 Å². The molecule has 5 nitrogen and oxygen atoms in total. The molecule has 1 fully saturated rings. The number of Topliss-reactive ketones (excluding diaryl/α,β-unsaturated/α-hetero) is 1. The first-order valence-corrected chi connectivity index (χ1v) is 5.75. The first-order valence-electron chi connectivity index (χ1n) is 5.75. The summed E-state index contributed by atoms with van der Waals surface area (Å²) >= 11 is 0. The summed E-state index contributed by atoms with van der Waals surface area (Å²) in [4.78, 5) is 17.5. The molecule has 2 heterocycles. The molecule has 0 radical (unpaired) electrons. The highest BCUT2D eigenvalue weighted by molar-refractivity contribution is 5.89. The van der Waals surface area contributed by atoms with Crippen LogP contribution >= 0.6 is 0 Å². The van der Waals surface area contributed by atoms with Gasteiger partial charge in [-0.05, 0) is 25.4 Å². The topological polar surface area (TPSA) is 59.2 Å². The SMILES string of the molecule is CCN1CCC(Cc2nc(C(C)=O)no2)C1. The van der Waals surface area contributed by atoms with E-state index in [0.29, 0.717) is 11.8 Å². The van der Waals surface area contributed by atoms with E-state index in [1.807, 2.05) is 0 Å². The molecule has 0 saturated carbocycles. The fourth-order valence-electron chi connectivity index (χ4n) is 2.09. The van der Waals surface area contributed by atoms with Crippen molar-refractivity contribution in [3.63, 3.8) is 0 Å². The largest absolute Gasteiger partial charge is 0.339 e. The summed E-state index contributed by atoms with van der Waals surface area (Å²) in [5.74, 6) is 1.23. The second kappa shape index (κ2) is 4.74. The third-order valence-corrected chi connectivity index (χ3v) is 3.06. The first-order chi connectivity index (χ1) is 7.69. The maximum Gasteiger partial charge on any atom is 0.238 e. The van der Waals surface area contributed by atoms with Gasteiger partial charge >= 0.3 is 0 Å². The quantitative estimate of drug-likeness (QED) is 0.717. The molecule has 0 N–H and O–H groups in total. The molecule has 1 atom stereocenters. The van der Waals surface area contributed by atoms with Crippen molar-refractivity contribution in [2.45, 2.75) is 26.7 Å². The van der Waals surface area contributed by atoms with E-state index in [9.17, 15) is 4.79 Å². The van der Waals surface area contributed by atoms with Crippen molar-refractivity contribution in [1.29, 1.82) is 0 Å². The number of nitrogens with zero attached hydrogens (tertiary/aromatic N) is 3. The number of carbonyl (C=O) groups excluding carboxylic acids is 1. The van der Waals surface area contributed by atoms with Gasteiger partial charge in [0, 0.05) is 19.9 Å². The van der Waals surface area contributed by atoms with E-state index < -0.39 is 0 Å². The van der Waals surface area contributed by atoms with Gasteiger partial charge in [-0.3, -0.25) is 4.79 Å². The van der Waals surface area contributed by atoms with Gasteiger partial charge in [-0.1, -0.05) is 12.1 Å². The Morgan fingerprint density at radius 1 is 1.62 bits per heavy atom. The third-order valence-electron chi connectivity index (χ3n) is 3.06. The predicted molar refractivity (Wildman–Crippen MR) is 58.2 cm³/mol. The maximum atomic E-state index is 11.0. The molecule has 1 aliphatic heterocycles. The summed E-state index contributed by atoms with van der Waals surface area (Å²) in [5.41, 5.74) is 0. The van der Waals surface area contributed by atoms with Crippen molar-refractivity contribution in [3.05, 3.63) is 11.7 Å².